The lowest BCUT2D eigenvalue weighted by Crippen LogP contribution is -2.36. The molecule has 0 bridgehead atoms. The van der Waals surface area contributed by atoms with Gasteiger partial charge in [-0.3, -0.25) is 10.3 Å². The molecule has 0 saturated carbocycles. The highest BCUT2D eigenvalue weighted by molar-refractivity contribution is 5.67. The van der Waals surface area contributed by atoms with E-state index in [4.69, 9.17) is 9.57 Å². The second-order valence-corrected chi connectivity index (χ2v) is 4.18. The van der Waals surface area contributed by atoms with Gasteiger partial charge in [0.05, 0.1) is 24.6 Å². The van der Waals surface area contributed by atoms with Gasteiger partial charge in [-0.25, -0.2) is 0 Å². The van der Waals surface area contributed by atoms with Crippen LogP contribution in [0.25, 0.3) is 5.70 Å². The van der Waals surface area contributed by atoms with Gasteiger partial charge in [0.2, 0.25) is 0 Å². The monoisotopic (exact) mass is 232 g/mol. The number of nitrogens with one attached hydrogen (secondary N) is 1. The van der Waals surface area contributed by atoms with Crippen LogP contribution in [-0.2, 0) is 9.57 Å². The molecule has 0 atom stereocenters. The van der Waals surface area contributed by atoms with Crippen molar-refractivity contribution in [2.45, 2.75) is 0 Å². The summed E-state index contributed by atoms with van der Waals surface area (Å²) in [6, 6.07) is 10.3. The molecule has 4 nitrogen and oxygen atoms in total. The van der Waals surface area contributed by atoms with Crippen molar-refractivity contribution in [2.75, 3.05) is 32.9 Å². The number of hydrogen-bond donors (Lipinski definition) is 1. The lowest BCUT2D eigenvalue weighted by atomic mass is 10.1. The normalized spacial score (nSPS) is 20.6. The molecular weight excluding hydrogens is 216 g/mol. The second-order valence-electron chi connectivity index (χ2n) is 4.18. The SMILES string of the molecule is c1ccc(C2=C(N3CCOCC3)CON2)cc1. The molecular formula is C13H16N2O2. The van der Waals surface area contributed by atoms with E-state index < -0.39 is 0 Å². The summed E-state index contributed by atoms with van der Waals surface area (Å²) in [4.78, 5) is 7.71. The zero-order valence-corrected chi connectivity index (χ0v) is 9.69. The van der Waals surface area contributed by atoms with E-state index in [-0.39, 0.29) is 0 Å². The molecule has 1 aromatic rings. The van der Waals surface area contributed by atoms with E-state index in [2.05, 4.69) is 22.5 Å². The zero-order chi connectivity index (χ0) is 11.5. The molecule has 0 unspecified atom stereocenters. The van der Waals surface area contributed by atoms with E-state index in [9.17, 15) is 0 Å². The summed E-state index contributed by atoms with van der Waals surface area (Å²) in [5.74, 6) is 0. The minimum Gasteiger partial charge on any atom is -0.378 e. The number of rotatable bonds is 2. The predicted octanol–water partition coefficient (Wildman–Crippen LogP) is 1.22. The summed E-state index contributed by atoms with van der Waals surface area (Å²) >= 11 is 0. The van der Waals surface area contributed by atoms with E-state index in [1.165, 1.54) is 11.3 Å². The number of nitrogens with zero attached hydrogens (tertiary/aromatic N) is 1. The Morgan fingerprint density at radius 1 is 1.06 bits per heavy atom. The molecule has 0 aliphatic carbocycles. The van der Waals surface area contributed by atoms with Crippen molar-refractivity contribution >= 4 is 5.70 Å². The summed E-state index contributed by atoms with van der Waals surface area (Å²) in [5, 5.41) is 0. The summed E-state index contributed by atoms with van der Waals surface area (Å²) in [6.45, 7) is 4.11. The molecule has 1 N–H and O–H groups in total. The summed E-state index contributed by atoms with van der Waals surface area (Å²) < 4.78 is 5.37. The standard InChI is InChI=1S/C13H16N2O2/c1-2-4-11(5-3-1)13-12(10-17-14-13)15-6-8-16-9-7-15/h1-5,14H,6-10H2. The first-order valence-electron chi connectivity index (χ1n) is 5.94. The highest BCUT2D eigenvalue weighted by Crippen LogP contribution is 2.24. The lowest BCUT2D eigenvalue weighted by molar-refractivity contribution is 0.0438. The van der Waals surface area contributed by atoms with Gasteiger partial charge < -0.3 is 9.64 Å². The smallest absolute Gasteiger partial charge is 0.116 e. The lowest BCUT2D eigenvalue weighted by Gasteiger charge is -2.29. The van der Waals surface area contributed by atoms with Crippen molar-refractivity contribution in [3.8, 4) is 0 Å². The minimum atomic E-state index is 0.629. The van der Waals surface area contributed by atoms with Gasteiger partial charge >= 0.3 is 0 Å². The van der Waals surface area contributed by atoms with E-state index in [1.807, 2.05) is 18.2 Å². The molecule has 0 radical (unpaired) electrons. The van der Waals surface area contributed by atoms with Gasteiger partial charge in [-0.15, -0.1) is 0 Å². The molecule has 1 saturated heterocycles. The Balaban J connectivity index is 1.89. The number of morpholine rings is 1. The first-order chi connectivity index (χ1) is 8.45. The molecule has 2 aliphatic heterocycles. The predicted molar refractivity (Wildman–Crippen MR) is 64.8 cm³/mol. The van der Waals surface area contributed by atoms with Gasteiger partial charge in [-0.1, -0.05) is 30.3 Å². The highest BCUT2D eigenvalue weighted by Gasteiger charge is 2.23. The Kier molecular flexibility index (Phi) is 2.98. The fourth-order valence-corrected chi connectivity index (χ4v) is 2.22. The maximum absolute atomic E-state index is 5.37. The number of hydrogen-bond acceptors (Lipinski definition) is 4. The van der Waals surface area contributed by atoms with Crippen LogP contribution in [0.2, 0.25) is 0 Å². The maximum atomic E-state index is 5.37. The Morgan fingerprint density at radius 2 is 1.82 bits per heavy atom. The maximum Gasteiger partial charge on any atom is 0.116 e. The second kappa shape index (κ2) is 4.77. The number of hydroxylamine groups is 1. The van der Waals surface area contributed by atoms with Crippen molar-refractivity contribution in [3.05, 3.63) is 41.6 Å². The first-order valence-corrected chi connectivity index (χ1v) is 5.94. The van der Waals surface area contributed by atoms with Crippen molar-refractivity contribution in [2.24, 2.45) is 0 Å². The third-order valence-electron chi connectivity index (χ3n) is 3.13. The molecule has 3 rings (SSSR count). The van der Waals surface area contributed by atoms with Crippen LogP contribution in [0.15, 0.2) is 36.0 Å². The van der Waals surface area contributed by atoms with Crippen molar-refractivity contribution in [1.82, 2.24) is 10.4 Å². The Bertz CT molecular complexity index is 411. The molecule has 0 aromatic heterocycles. The van der Waals surface area contributed by atoms with E-state index in [0.717, 1.165) is 32.0 Å². The van der Waals surface area contributed by atoms with E-state index in [1.54, 1.807) is 0 Å². The fraction of sp³-hybridized carbons (Fsp3) is 0.385. The van der Waals surface area contributed by atoms with Crippen LogP contribution in [-0.4, -0.2) is 37.8 Å². The number of ether oxygens (including phenoxy) is 1. The molecule has 2 aliphatic rings. The number of benzene rings is 1. The molecule has 17 heavy (non-hydrogen) atoms. The van der Waals surface area contributed by atoms with Crippen LogP contribution >= 0.6 is 0 Å². The van der Waals surface area contributed by atoms with E-state index >= 15 is 0 Å². The van der Waals surface area contributed by atoms with Crippen LogP contribution < -0.4 is 5.48 Å². The molecule has 1 fully saturated rings. The van der Waals surface area contributed by atoms with Crippen LogP contribution in [0.4, 0.5) is 0 Å². The molecule has 0 amide bonds. The van der Waals surface area contributed by atoms with Gasteiger partial charge in [0.1, 0.15) is 6.61 Å². The van der Waals surface area contributed by atoms with E-state index in [0.29, 0.717) is 6.61 Å². The molecule has 2 heterocycles. The average molecular weight is 232 g/mol. The zero-order valence-electron chi connectivity index (χ0n) is 9.69. The van der Waals surface area contributed by atoms with Crippen molar-refractivity contribution in [1.29, 1.82) is 0 Å². The highest BCUT2D eigenvalue weighted by atomic mass is 16.7. The van der Waals surface area contributed by atoms with Crippen LogP contribution in [0.3, 0.4) is 0 Å². The summed E-state index contributed by atoms with van der Waals surface area (Å²) in [6.07, 6.45) is 0. The average Bonchev–Trinajstić information content (AvgIpc) is 2.90. The first kappa shape index (κ1) is 10.6. The van der Waals surface area contributed by atoms with Crippen molar-refractivity contribution < 1.29 is 9.57 Å². The van der Waals surface area contributed by atoms with Crippen LogP contribution in [0.1, 0.15) is 5.56 Å². The third kappa shape index (κ3) is 2.14. The molecule has 90 valence electrons. The molecule has 0 spiro atoms. The third-order valence-corrected chi connectivity index (χ3v) is 3.13. The minimum absolute atomic E-state index is 0.629. The quantitative estimate of drug-likeness (QED) is 0.831. The van der Waals surface area contributed by atoms with Gasteiger partial charge in [0.15, 0.2) is 0 Å². The van der Waals surface area contributed by atoms with Gasteiger partial charge in [-0.05, 0) is 0 Å². The van der Waals surface area contributed by atoms with Gasteiger partial charge in [-0.2, -0.15) is 0 Å². The Hall–Kier alpha value is -1.52. The Labute approximate surface area is 101 Å². The summed E-state index contributed by atoms with van der Waals surface area (Å²) in [5.41, 5.74) is 6.52. The Morgan fingerprint density at radius 3 is 2.59 bits per heavy atom. The largest absolute Gasteiger partial charge is 0.378 e. The fourth-order valence-electron chi connectivity index (χ4n) is 2.22. The molecule has 4 heteroatoms. The summed E-state index contributed by atoms with van der Waals surface area (Å²) in [7, 11) is 0. The van der Waals surface area contributed by atoms with Gasteiger partial charge in [0, 0.05) is 18.7 Å². The molecule has 1 aromatic carbocycles. The van der Waals surface area contributed by atoms with Crippen LogP contribution in [0.5, 0.6) is 0 Å². The topological polar surface area (TPSA) is 33.7 Å². The van der Waals surface area contributed by atoms with Gasteiger partial charge in [0.25, 0.3) is 0 Å². The van der Waals surface area contributed by atoms with Crippen molar-refractivity contribution in [3.63, 3.8) is 0 Å². The van der Waals surface area contributed by atoms with Crippen LogP contribution in [0, 0.1) is 0 Å².